The molecule has 1 atom stereocenters. The van der Waals surface area contributed by atoms with Gasteiger partial charge in [-0.3, -0.25) is 9.59 Å². The molecule has 3 rings (SSSR count). The van der Waals surface area contributed by atoms with Gasteiger partial charge in [0, 0.05) is 18.7 Å². The van der Waals surface area contributed by atoms with Gasteiger partial charge in [-0.2, -0.15) is 0 Å². The van der Waals surface area contributed by atoms with Crippen molar-refractivity contribution in [2.45, 2.75) is 12.6 Å². The third-order valence-corrected chi connectivity index (χ3v) is 4.13. The summed E-state index contributed by atoms with van der Waals surface area (Å²) >= 11 is 0. The van der Waals surface area contributed by atoms with Crippen LogP contribution >= 0.6 is 0 Å². The fourth-order valence-electron chi connectivity index (χ4n) is 2.56. The number of halogens is 1. The van der Waals surface area contributed by atoms with Crippen molar-refractivity contribution in [3.63, 3.8) is 0 Å². The molecule has 6 nitrogen and oxygen atoms in total. The second-order valence-electron chi connectivity index (χ2n) is 6.13. The number of nitrogens with one attached hydrogen (secondary N) is 2. The van der Waals surface area contributed by atoms with E-state index in [0.717, 1.165) is 5.56 Å². The van der Waals surface area contributed by atoms with Crippen LogP contribution in [0.5, 0.6) is 0 Å². The highest BCUT2D eigenvalue weighted by Gasteiger charge is 2.15. The molecular weight excluding hydrogens is 363 g/mol. The predicted molar refractivity (Wildman–Crippen MR) is 100 cm³/mol. The van der Waals surface area contributed by atoms with E-state index in [-0.39, 0.29) is 18.9 Å². The lowest BCUT2D eigenvalue weighted by molar-refractivity contribution is -0.139. The Labute approximate surface area is 161 Å². The van der Waals surface area contributed by atoms with Crippen molar-refractivity contribution in [3.05, 3.63) is 83.9 Å². The first-order valence-corrected chi connectivity index (χ1v) is 8.65. The van der Waals surface area contributed by atoms with Crippen LogP contribution in [0.15, 0.2) is 71.3 Å². The van der Waals surface area contributed by atoms with Gasteiger partial charge in [0.15, 0.2) is 0 Å². The molecule has 0 aliphatic heterocycles. The summed E-state index contributed by atoms with van der Waals surface area (Å²) in [6, 6.07) is 16.2. The summed E-state index contributed by atoms with van der Waals surface area (Å²) in [7, 11) is 0. The Morgan fingerprint density at radius 3 is 2.29 bits per heavy atom. The summed E-state index contributed by atoms with van der Waals surface area (Å²) in [5.74, 6) is -1.34. The molecule has 3 aromatic rings. The number of benzene rings is 2. The van der Waals surface area contributed by atoms with E-state index in [4.69, 9.17) is 4.42 Å². The standard InChI is InChI=1S/C21H19FN2O4/c22-17-9-3-14(4-10-17)12-23-20(26)21(27)24-13-18(25)15-5-7-16(8-6-15)19-2-1-11-28-19/h1-11,18,25H,12-13H2,(H,23,26)(H,24,27)/t18-/m0/s1. The monoisotopic (exact) mass is 382 g/mol. The molecule has 0 radical (unpaired) electrons. The lowest BCUT2D eigenvalue weighted by atomic mass is 10.1. The van der Waals surface area contributed by atoms with E-state index in [9.17, 15) is 19.1 Å². The maximum atomic E-state index is 12.8. The van der Waals surface area contributed by atoms with Gasteiger partial charge < -0.3 is 20.2 Å². The molecule has 0 unspecified atom stereocenters. The van der Waals surface area contributed by atoms with Gasteiger partial charge in [-0.05, 0) is 35.4 Å². The molecule has 144 valence electrons. The molecule has 2 amide bonds. The van der Waals surface area contributed by atoms with Crippen LogP contribution in [0, 0.1) is 5.82 Å². The number of carbonyl (C=O) groups excluding carboxylic acids is 2. The number of carbonyl (C=O) groups is 2. The molecule has 3 N–H and O–H groups in total. The molecule has 0 bridgehead atoms. The third-order valence-electron chi connectivity index (χ3n) is 4.13. The van der Waals surface area contributed by atoms with Crippen LogP contribution in [-0.2, 0) is 16.1 Å². The van der Waals surface area contributed by atoms with Gasteiger partial charge in [0.1, 0.15) is 11.6 Å². The lowest BCUT2D eigenvalue weighted by Crippen LogP contribution is -2.41. The van der Waals surface area contributed by atoms with Crippen molar-refractivity contribution in [1.29, 1.82) is 0 Å². The molecule has 7 heteroatoms. The van der Waals surface area contributed by atoms with E-state index in [2.05, 4.69) is 10.6 Å². The summed E-state index contributed by atoms with van der Waals surface area (Å²) in [6.07, 6.45) is 0.619. The van der Waals surface area contributed by atoms with Gasteiger partial charge in [0.25, 0.3) is 0 Å². The molecule has 1 aromatic heterocycles. The van der Waals surface area contributed by atoms with E-state index >= 15 is 0 Å². The van der Waals surface area contributed by atoms with Gasteiger partial charge in [0.2, 0.25) is 0 Å². The first-order valence-electron chi connectivity index (χ1n) is 8.65. The normalized spacial score (nSPS) is 11.6. The minimum absolute atomic E-state index is 0.101. The Morgan fingerprint density at radius 1 is 0.964 bits per heavy atom. The molecule has 0 fully saturated rings. The van der Waals surface area contributed by atoms with Gasteiger partial charge in [-0.1, -0.05) is 36.4 Å². The van der Waals surface area contributed by atoms with Crippen LogP contribution in [0.25, 0.3) is 11.3 Å². The second kappa shape index (κ2) is 8.96. The van der Waals surface area contributed by atoms with Gasteiger partial charge >= 0.3 is 11.8 Å². The summed E-state index contributed by atoms with van der Waals surface area (Å²) in [5, 5.41) is 15.0. The van der Waals surface area contributed by atoms with E-state index in [0.29, 0.717) is 16.9 Å². The Balaban J connectivity index is 1.46. The molecular formula is C21H19FN2O4. The molecule has 1 heterocycles. The van der Waals surface area contributed by atoms with Crippen molar-refractivity contribution in [3.8, 4) is 11.3 Å². The van der Waals surface area contributed by atoms with Crippen LogP contribution in [0.4, 0.5) is 4.39 Å². The first kappa shape index (κ1) is 19.3. The summed E-state index contributed by atoms with van der Waals surface area (Å²) in [5.41, 5.74) is 2.13. The summed E-state index contributed by atoms with van der Waals surface area (Å²) in [4.78, 5) is 23.7. The maximum Gasteiger partial charge on any atom is 0.309 e. The van der Waals surface area contributed by atoms with Crippen molar-refractivity contribution in [2.24, 2.45) is 0 Å². The lowest BCUT2D eigenvalue weighted by Gasteiger charge is -2.13. The minimum Gasteiger partial charge on any atom is -0.464 e. The van der Waals surface area contributed by atoms with Crippen molar-refractivity contribution in [2.75, 3.05) is 6.54 Å². The summed E-state index contributed by atoms with van der Waals surface area (Å²) < 4.78 is 18.1. The van der Waals surface area contributed by atoms with Crippen molar-refractivity contribution < 1.29 is 23.5 Å². The topological polar surface area (TPSA) is 91.6 Å². The van der Waals surface area contributed by atoms with Crippen LogP contribution < -0.4 is 10.6 Å². The van der Waals surface area contributed by atoms with Gasteiger partial charge in [-0.15, -0.1) is 0 Å². The van der Waals surface area contributed by atoms with Gasteiger partial charge in [-0.25, -0.2) is 4.39 Å². The third kappa shape index (κ3) is 5.05. The highest BCUT2D eigenvalue weighted by atomic mass is 19.1. The minimum atomic E-state index is -0.959. The Kier molecular flexibility index (Phi) is 6.18. The average molecular weight is 382 g/mol. The largest absolute Gasteiger partial charge is 0.464 e. The maximum absolute atomic E-state index is 12.8. The van der Waals surface area contributed by atoms with Crippen LogP contribution in [0.3, 0.4) is 0 Å². The van der Waals surface area contributed by atoms with E-state index in [1.807, 2.05) is 6.07 Å². The zero-order valence-corrected chi connectivity index (χ0v) is 14.9. The van der Waals surface area contributed by atoms with Gasteiger partial charge in [0.05, 0.1) is 12.4 Å². The van der Waals surface area contributed by atoms with E-state index < -0.39 is 17.9 Å². The Bertz CT molecular complexity index is 922. The Hall–Kier alpha value is -3.45. The zero-order chi connectivity index (χ0) is 19.9. The van der Waals surface area contributed by atoms with Crippen LogP contribution in [0.2, 0.25) is 0 Å². The van der Waals surface area contributed by atoms with Crippen LogP contribution in [-0.4, -0.2) is 23.5 Å². The zero-order valence-electron chi connectivity index (χ0n) is 14.9. The number of aliphatic hydroxyl groups excluding tert-OH is 1. The molecule has 0 aliphatic carbocycles. The predicted octanol–water partition coefficient (Wildman–Crippen LogP) is 2.55. The highest BCUT2D eigenvalue weighted by molar-refractivity contribution is 6.35. The molecule has 0 saturated heterocycles. The van der Waals surface area contributed by atoms with Crippen molar-refractivity contribution >= 4 is 11.8 Å². The number of rotatable bonds is 6. The smallest absolute Gasteiger partial charge is 0.309 e. The average Bonchev–Trinajstić information content (AvgIpc) is 3.26. The number of furan rings is 1. The fraction of sp³-hybridized carbons (Fsp3) is 0.143. The second-order valence-corrected chi connectivity index (χ2v) is 6.13. The SMILES string of the molecule is O=C(NCc1ccc(F)cc1)C(=O)NC[C@H](O)c1ccc(-c2ccco2)cc1. The number of aliphatic hydroxyl groups is 1. The fourth-order valence-corrected chi connectivity index (χ4v) is 2.56. The van der Waals surface area contributed by atoms with Crippen molar-refractivity contribution in [1.82, 2.24) is 10.6 Å². The Morgan fingerprint density at radius 2 is 1.64 bits per heavy atom. The van der Waals surface area contributed by atoms with E-state index in [1.165, 1.54) is 24.3 Å². The summed E-state index contributed by atoms with van der Waals surface area (Å²) in [6.45, 7) is -0.00771. The molecule has 0 aliphatic rings. The molecule has 0 spiro atoms. The molecule has 28 heavy (non-hydrogen) atoms. The van der Waals surface area contributed by atoms with Crippen LogP contribution in [0.1, 0.15) is 17.2 Å². The first-order chi connectivity index (χ1) is 13.5. The molecule has 0 saturated carbocycles. The van der Waals surface area contributed by atoms with E-state index in [1.54, 1.807) is 36.6 Å². The quantitative estimate of drug-likeness (QED) is 0.572. The number of hydrogen-bond donors (Lipinski definition) is 3. The number of amides is 2. The number of hydrogen-bond acceptors (Lipinski definition) is 4. The highest BCUT2D eigenvalue weighted by Crippen LogP contribution is 2.22. The molecule has 2 aromatic carbocycles.